The topological polar surface area (TPSA) is 20.2 Å². The Bertz CT molecular complexity index is 345. The van der Waals surface area contributed by atoms with E-state index in [1.54, 1.807) is 0 Å². The zero-order chi connectivity index (χ0) is 11.5. The molecule has 2 rings (SSSR count). The fourth-order valence-electron chi connectivity index (χ4n) is 2.83. The fraction of sp³-hybridized carbons (Fsp3) is 0.600. The predicted octanol–water partition coefficient (Wildman–Crippen LogP) is 3.33. The molecular weight excluding hydrogens is 196 g/mol. The Morgan fingerprint density at radius 3 is 2.69 bits per heavy atom. The molecule has 1 heteroatoms. The molecule has 0 bridgehead atoms. The Kier molecular flexibility index (Phi) is 3.65. The quantitative estimate of drug-likeness (QED) is 0.825. The minimum absolute atomic E-state index is 0.147. The van der Waals surface area contributed by atoms with Gasteiger partial charge in [0.1, 0.15) is 0 Å². The lowest BCUT2D eigenvalue weighted by Crippen LogP contribution is -2.21. The molecule has 1 fully saturated rings. The molecular formula is C15H22O. The van der Waals surface area contributed by atoms with Crippen LogP contribution in [0.2, 0.25) is 0 Å². The molecule has 3 atom stereocenters. The van der Waals surface area contributed by atoms with Gasteiger partial charge in [-0.15, -0.1) is 0 Å². The number of benzene rings is 1. The van der Waals surface area contributed by atoms with Gasteiger partial charge in [-0.2, -0.15) is 0 Å². The summed E-state index contributed by atoms with van der Waals surface area (Å²) in [5, 5.41) is 10.2. The summed E-state index contributed by atoms with van der Waals surface area (Å²) >= 11 is 0. The standard InChI is InChI=1S/C15H22O/c1-11-7-8-14(9-11)15(16)10-13-6-4-3-5-12(13)2/h3-6,11,14-16H,7-10H2,1-2H3. The van der Waals surface area contributed by atoms with E-state index >= 15 is 0 Å². The van der Waals surface area contributed by atoms with E-state index in [4.69, 9.17) is 0 Å². The molecule has 0 heterocycles. The Balaban J connectivity index is 1.97. The van der Waals surface area contributed by atoms with Crippen LogP contribution < -0.4 is 0 Å². The highest BCUT2D eigenvalue weighted by atomic mass is 16.3. The molecule has 0 aromatic heterocycles. The normalized spacial score (nSPS) is 26.9. The van der Waals surface area contributed by atoms with Crippen molar-refractivity contribution in [2.45, 2.75) is 45.6 Å². The lowest BCUT2D eigenvalue weighted by Gasteiger charge is -2.19. The first kappa shape index (κ1) is 11.7. The van der Waals surface area contributed by atoms with Gasteiger partial charge in [-0.25, -0.2) is 0 Å². The van der Waals surface area contributed by atoms with Gasteiger partial charge in [0.15, 0.2) is 0 Å². The lowest BCUT2D eigenvalue weighted by molar-refractivity contribution is 0.109. The van der Waals surface area contributed by atoms with Crippen molar-refractivity contribution in [2.24, 2.45) is 11.8 Å². The largest absolute Gasteiger partial charge is 0.392 e. The molecule has 0 radical (unpaired) electrons. The van der Waals surface area contributed by atoms with E-state index < -0.39 is 0 Å². The van der Waals surface area contributed by atoms with E-state index in [0.29, 0.717) is 5.92 Å². The number of hydrogen-bond acceptors (Lipinski definition) is 1. The smallest absolute Gasteiger partial charge is 0.0608 e. The molecule has 0 amide bonds. The van der Waals surface area contributed by atoms with E-state index in [0.717, 1.165) is 12.3 Å². The molecule has 0 saturated heterocycles. The molecule has 1 aliphatic carbocycles. The molecule has 1 nitrogen and oxygen atoms in total. The summed E-state index contributed by atoms with van der Waals surface area (Å²) in [7, 11) is 0. The van der Waals surface area contributed by atoms with Crippen LogP contribution in [0.1, 0.15) is 37.3 Å². The molecule has 0 aliphatic heterocycles. The van der Waals surface area contributed by atoms with Gasteiger partial charge in [-0.3, -0.25) is 0 Å². The highest BCUT2D eigenvalue weighted by Crippen LogP contribution is 2.33. The van der Waals surface area contributed by atoms with Crippen molar-refractivity contribution < 1.29 is 5.11 Å². The Morgan fingerprint density at radius 2 is 2.06 bits per heavy atom. The Labute approximate surface area is 98.5 Å². The van der Waals surface area contributed by atoms with E-state index in [1.807, 2.05) is 0 Å². The third-order valence-corrected chi connectivity index (χ3v) is 3.97. The molecule has 1 aromatic rings. The molecule has 1 aromatic carbocycles. The van der Waals surface area contributed by atoms with Crippen LogP contribution in [-0.4, -0.2) is 11.2 Å². The summed E-state index contributed by atoms with van der Waals surface area (Å²) < 4.78 is 0. The van der Waals surface area contributed by atoms with Crippen LogP contribution in [-0.2, 0) is 6.42 Å². The number of aliphatic hydroxyl groups is 1. The van der Waals surface area contributed by atoms with Crippen LogP contribution in [0.5, 0.6) is 0 Å². The van der Waals surface area contributed by atoms with Crippen LogP contribution in [0.3, 0.4) is 0 Å². The van der Waals surface area contributed by atoms with Crippen LogP contribution in [0.25, 0.3) is 0 Å². The molecule has 16 heavy (non-hydrogen) atoms. The average Bonchev–Trinajstić information content (AvgIpc) is 2.68. The van der Waals surface area contributed by atoms with E-state index in [1.165, 1.54) is 30.4 Å². The summed E-state index contributed by atoms with van der Waals surface area (Å²) in [6.07, 6.45) is 4.37. The first-order chi connectivity index (χ1) is 7.66. The minimum Gasteiger partial charge on any atom is -0.392 e. The molecule has 1 saturated carbocycles. The zero-order valence-electron chi connectivity index (χ0n) is 10.3. The van der Waals surface area contributed by atoms with Crippen LogP contribution in [0, 0.1) is 18.8 Å². The number of hydrogen-bond donors (Lipinski definition) is 1. The summed E-state index contributed by atoms with van der Waals surface area (Å²) in [4.78, 5) is 0. The van der Waals surface area contributed by atoms with Crippen molar-refractivity contribution in [2.75, 3.05) is 0 Å². The highest BCUT2D eigenvalue weighted by Gasteiger charge is 2.27. The minimum atomic E-state index is -0.147. The van der Waals surface area contributed by atoms with Gasteiger partial charge in [-0.05, 0) is 49.1 Å². The Hall–Kier alpha value is -0.820. The summed E-state index contributed by atoms with van der Waals surface area (Å²) in [5.41, 5.74) is 2.60. The molecule has 3 unspecified atom stereocenters. The number of aryl methyl sites for hydroxylation is 1. The fourth-order valence-corrected chi connectivity index (χ4v) is 2.83. The van der Waals surface area contributed by atoms with Crippen molar-refractivity contribution in [3.8, 4) is 0 Å². The molecule has 1 aliphatic rings. The van der Waals surface area contributed by atoms with Crippen molar-refractivity contribution in [1.29, 1.82) is 0 Å². The van der Waals surface area contributed by atoms with Gasteiger partial charge >= 0.3 is 0 Å². The van der Waals surface area contributed by atoms with Crippen molar-refractivity contribution in [3.05, 3.63) is 35.4 Å². The first-order valence-electron chi connectivity index (χ1n) is 6.39. The number of rotatable bonds is 3. The third-order valence-electron chi connectivity index (χ3n) is 3.97. The summed E-state index contributed by atoms with van der Waals surface area (Å²) in [6.45, 7) is 4.42. The monoisotopic (exact) mass is 218 g/mol. The van der Waals surface area contributed by atoms with Crippen molar-refractivity contribution in [3.63, 3.8) is 0 Å². The maximum Gasteiger partial charge on any atom is 0.0608 e. The van der Waals surface area contributed by atoms with Gasteiger partial charge in [-0.1, -0.05) is 37.6 Å². The van der Waals surface area contributed by atoms with Gasteiger partial charge < -0.3 is 5.11 Å². The van der Waals surface area contributed by atoms with E-state index in [-0.39, 0.29) is 6.10 Å². The maximum atomic E-state index is 10.2. The van der Waals surface area contributed by atoms with Crippen LogP contribution in [0.15, 0.2) is 24.3 Å². The second-order valence-electron chi connectivity index (χ2n) is 5.38. The zero-order valence-corrected chi connectivity index (χ0v) is 10.3. The Morgan fingerprint density at radius 1 is 1.31 bits per heavy atom. The van der Waals surface area contributed by atoms with Crippen molar-refractivity contribution >= 4 is 0 Å². The van der Waals surface area contributed by atoms with Gasteiger partial charge in [0.2, 0.25) is 0 Å². The molecule has 1 N–H and O–H groups in total. The van der Waals surface area contributed by atoms with Gasteiger partial charge in [0.25, 0.3) is 0 Å². The van der Waals surface area contributed by atoms with Gasteiger partial charge in [0, 0.05) is 0 Å². The summed E-state index contributed by atoms with van der Waals surface area (Å²) in [5.74, 6) is 1.33. The lowest BCUT2D eigenvalue weighted by atomic mass is 9.92. The van der Waals surface area contributed by atoms with E-state index in [2.05, 4.69) is 38.1 Å². The highest BCUT2D eigenvalue weighted by molar-refractivity contribution is 5.26. The van der Waals surface area contributed by atoms with Gasteiger partial charge in [0.05, 0.1) is 6.10 Å². The third kappa shape index (κ3) is 2.65. The van der Waals surface area contributed by atoms with Crippen molar-refractivity contribution in [1.82, 2.24) is 0 Å². The second-order valence-corrected chi connectivity index (χ2v) is 5.38. The second kappa shape index (κ2) is 5.01. The van der Waals surface area contributed by atoms with E-state index in [9.17, 15) is 5.11 Å². The van der Waals surface area contributed by atoms with Crippen LogP contribution in [0.4, 0.5) is 0 Å². The molecule has 0 spiro atoms. The maximum absolute atomic E-state index is 10.2. The predicted molar refractivity (Wildman–Crippen MR) is 67.4 cm³/mol. The number of aliphatic hydroxyl groups excluding tert-OH is 1. The van der Waals surface area contributed by atoms with Crippen LogP contribution >= 0.6 is 0 Å². The summed E-state index contributed by atoms with van der Waals surface area (Å²) in [6, 6.07) is 8.38. The SMILES string of the molecule is Cc1ccccc1CC(O)C1CCC(C)C1. The average molecular weight is 218 g/mol. The molecule has 88 valence electrons. The first-order valence-corrected chi connectivity index (χ1v) is 6.39.